The molecule has 18 heteroatoms. The van der Waals surface area contributed by atoms with Crippen molar-refractivity contribution in [1.29, 1.82) is 0 Å². The van der Waals surface area contributed by atoms with Gasteiger partial charge in [0.2, 0.25) is 21.8 Å². The molecule has 4 heterocycles. The fourth-order valence-electron chi connectivity index (χ4n) is 7.31. The Kier molecular flexibility index (Phi) is 11.0. The van der Waals surface area contributed by atoms with E-state index in [1.807, 2.05) is 41.8 Å². The van der Waals surface area contributed by atoms with Crippen molar-refractivity contribution >= 4 is 45.2 Å². The fraction of sp³-hybridized carbons (Fsp3) is 0.553. The van der Waals surface area contributed by atoms with Crippen molar-refractivity contribution in [3.8, 4) is 27.7 Å². The summed E-state index contributed by atoms with van der Waals surface area (Å²) in [6.45, 7) is 5.20. The molecule has 300 valence electrons. The van der Waals surface area contributed by atoms with E-state index >= 15 is 0 Å². The zero-order valence-electron chi connectivity index (χ0n) is 31.9. The lowest BCUT2D eigenvalue weighted by molar-refractivity contribution is -0.141. The summed E-state index contributed by atoms with van der Waals surface area (Å²) in [6, 6.07) is 4.62. The van der Waals surface area contributed by atoms with Crippen LogP contribution in [0, 0.1) is 5.92 Å². The smallest absolute Gasteiger partial charge is 0.408 e. The maximum Gasteiger partial charge on any atom is 0.408 e. The first-order valence-corrected chi connectivity index (χ1v) is 21.5. The van der Waals surface area contributed by atoms with Crippen LogP contribution in [0.4, 0.5) is 4.79 Å². The van der Waals surface area contributed by atoms with E-state index in [0.717, 1.165) is 18.4 Å². The molecule has 2 aliphatic heterocycles. The number of carbonyl (C=O) groups is 4. The molecule has 3 fully saturated rings. The Hall–Kier alpha value is -4.84. The maximum atomic E-state index is 14.6. The van der Waals surface area contributed by atoms with Crippen molar-refractivity contribution in [2.45, 2.75) is 113 Å². The van der Waals surface area contributed by atoms with Crippen molar-refractivity contribution in [3.05, 3.63) is 48.0 Å². The number of benzene rings is 1. The van der Waals surface area contributed by atoms with Crippen LogP contribution in [0.25, 0.3) is 22.0 Å². The molecule has 16 nitrogen and oxygen atoms in total. The predicted octanol–water partition coefficient (Wildman–Crippen LogP) is 4.12. The summed E-state index contributed by atoms with van der Waals surface area (Å²) in [5.41, 5.74) is -0.499. The summed E-state index contributed by atoms with van der Waals surface area (Å²) in [4.78, 5) is 63.4. The molecule has 0 radical (unpaired) electrons. The van der Waals surface area contributed by atoms with Gasteiger partial charge in [-0.05, 0) is 83.6 Å². The average Bonchev–Trinajstić information content (AvgIpc) is 3.90. The number of ether oxygens (including phenoxy) is 2. The molecule has 1 aromatic carbocycles. The van der Waals surface area contributed by atoms with Gasteiger partial charge in [-0.25, -0.2) is 18.2 Å². The van der Waals surface area contributed by atoms with E-state index < -0.39 is 74.3 Å². The molecule has 2 aromatic heterocycles. The number of sulfonamides is 1. The van der Waals surface area contributed by atoms with Crippen LogP contribution < -0.4 is 20.1 Å². The first-order valence-electron chi connectivity index (χ1n) is 19.0. The molecule has 1 saturated heterocycles. The van der Waals surface area contributed by atoms with Gasteiger partial charge in [0.05, 0.1) is 18.4 Å². The Morgan fingerprint density at radius 1 is 1.04 bits per heavy atom. The summed E-state index contributed by atoms with van der Waals surface area (Å²) in [5.74, 6) is -1.67. The van der Waals surface area contributed by atoms with Crippen LogP contribution in [0.1, 0.15) is 84.6 Å². The largest absolute Gasteiger partial charge is 0.497 e. The van der Waals surface area contributed by atoms with Gasteiger partial charge in [0.1, 0.15) is 45.4 Å². The normalized spacial score (nSPS) is 26.5. The number of rotatable bonds is 8. The second-order valence-corrected chi connectivity index (χ2v) is 18.7. The van der Waals surface area contributed by atoms with E-state index in [0.29, 0.717) is 54.2 Å². The van der Waals surface area contributed by atoms with Crippen molar-refractivity contribution in [2.24, 2.45) is 5.92 Å². The van der Waals surface area contributed by atoms with Crippen LogP contribution in [0.3, 0.4) is 0 Å². The predicted molar refractivity (Wildman–Crippen MR) is 207 cm³/mol. The second-order valence-electron chi connectivity index (χ2n) is 15.9. The van der Waals surface area contributed by atoms with Gasteiger partial charge in [-0.1, -0.05) is 25.0 Å². The summed E-state index contributed by atoms with van der Waals surface area (Å²) < 4.78 is 38.9. The molecular formula is C38H48N8O8S2. The number of hydrogen-bond donors (Lipinski definition) is 3. The number of nitrogens with one attached hydrogen (secondary N) is 3. The first kappa shape index (κ1) is 39.4. The molecule has 0 unspecified atom stereocenters. The third kappa shape index (κ3) is 8.60. The van der Waals surface area contributed by atoms with E-state index in [9.17, 15) is 27.6 Å². The highest BCUT2D eigenvalue weighted by Crippen LogP contribution is 2.46. The minimum Gasteiger partial charge on any atom is -0.497 e. The van der Waals surface area contributed by atoms with Gasteiger partial charge in [-0.3, -0.25) is 19.1 Å². The molecule has 2 saturated carbocycles. The molecule has 0 spiro atoms. The number of fused-ring (bicyclic) bond motifs is 2. The minimum atomic E-state index is -3.90. The lowest BCUT2D eigenvalue weighted by atomic mass is 10.0. The van der Waals surface area contributed by atoms with Crippen LogP contribution in [0.15, 0.2) is 48.0 Å². The van der Waals surface area contributed by atoms with Gasteiger partial charge < -0.3 is 25.0 Å². The molecule has 3 aromatic rings. The zero-order chi connectivity index (χ0) is 39.8. The highest BCUT2D eigenvalue weighted by atomic mass is 32.2. The fourth-order valence-corrected chi connectivity index (χ4v) is 9.29. The topological polar surface area (TPSA) is 204 Å². The van der Waals surface area contributed by atoms with Gasteiger partial charge in [0.15, 0.2) is 0 Å². The van der Waals surface area contributed by atoms with Gasteiger partial charge >= 0.3 is 6.09 Å². The van der Waals surface area contributed by atoms with Crippen LogP contribution >= 0.6 is 11.3 Å². The standard InChI is InChI=1S/C38H48N8O8S2/c1-37(2,3)54-36(50)40-28-11-9-7-5-6-8-10-24-21-38(24,35(49)44-56(51,52)27-16-17-27)41-32(47)29-20-25(22-45(29)34(28)48)46-42-30(23-12-14-26(53-4)15-13-23)31(43-46)33-39-18-19-55-33/h8,10,12-15,18-19,24-25,27-29H,5-7,9,11,16-17,20-22H2,1-4H3,(H,40,50)(H,41,47)(H,44,49)/b10-8-/t24-,25-,28+,29+,38-/m1/s1. The molecule has 0 bridgehead atoms. The van der Waals surface area contributed by atoms with Crippen LogP contribution in [0.2, 0.25) is 0 Å². The Balaban J connectivity index is 1.24. The van der Waals surface area contributed by atoms with E-state index in [-0.39, 0.29) is 19.4 Å². The Morgan fingerprint density at radius 3 is 2.46 bits per heavy atom. The summed E-state index contributed by atoms with van der Waals surface area (Å²) in [5, 5.41) is 17.3. The quantitative estimate of drug-likeness (QED) is 0.276. The Bertz CT molecular complexity index is 2090. The lowest BCUT2D eigenvalue weighted by Gasteiger charge is -2.30. The van der Waals surface area contributed by atoms with Gasteiger partial charge in [0.25, 0.3) is 5.91 Å². The summed E-state index contributed by atoms with van der Waals surface area (Å²) in [6.07, 6.45) is 9.11. The maximum absolute atomic E-state index is 14.6. The van der Waals surface area contributed by atoms with E-state index in [1.165, 1.54) is 21.0 Å². The molecule has 2 aliphatic carbocycles. The lowest BCUT2D eigenvalue weighted by Crippen LogP contribution is -2.58. The van der Waals surface area contributed by atoms with Crippen molar-refractivity contribution in [2.75, 3.05) is 13.7 Å². The highest BCUT2D eigenvalue weighted by Gasteiger charge is 2.62. The average molecular weight is 809 g/mol. The van der Waals surface area contributed by atoms with Crippen LogP contribution in [0.5, 0.6) is 5.75 Å². The highest BCUT2D eigenvalue weighted by molar-refractivity contribution is 7.91. The number of nitrogens with zero attached hydrogens (tertiary/aromatic N) is 5. The third-order valence-electron chi connectivity index (χ3n) is 10.5. The van der Waals surface area contributed by atoms with Crippen molar-refractivity contribution < 1.29 is 37.1 Å². The molecule has 4 aliphatic rings. The summed E-state index contributed by atoms with van der Waals surface area (Å²) in [7, 11) is -2.32. The molecule has 5 atom stereocenters. The zero-order valence-corrected chi connectivity index (χ0v) is 33.5. The van der Waals surface area contributed by atoms with Gasteiger partial charge in [0, 0.05) is 36.0 Å². The number of allylic oxidation sites excluding steroid dienone is 1. The van der Waals surface area contributed by atoms with Gasteiger partial charge in [-0.15, -0.1) is 16.4 Å². The molecule has 56 heavy (non-hydrogen) atoms. The molecular weight excluding hydrogens is 761 g/mol. The number of alkyl carbamates (subject to hydrolysis) is 1. The monoisotopic (exact) mass is 808 g/mol. The Morgan fingerprint density at radius 2 is 1.79 bits per heavy atom. The molecule has 7 rings (SSSR count). The van der Waals surface area contributed by atoms with Crippen LogP contribution in [-0.4, -0.2) is 99.2 Å². The van der Waals surface area contributed by atoms with Crippen molar-refractivity contribution in [1.82, 2.24) is 40.2 Å². The molecule has 3 N–H and O–H groups in total. The van der Waals surface area contributed by atoms with Crippen LogP contribution in [-0.2, 0) is 29.1 Å². The SMILES string of the molecule is COc1ccc(-c2nn([C@@H]3C[C@H]4C(=O)N[C@]5(C(=O)NS(=O)(=O)C6CC6)C[C@H]5/C=C\CCCCC[C@H](NC(=O)OC(C)(C)C)C(=O)N4C3)nc2-c2nccs2)cc1. The number of aromatic nitrogens is 4. The number of hydrogen-bond acceptors (Lipinski definition) is 12. The van der Waals surface area contributed by atoms with Crippen molar-refractivity contribution in [3.63, 3.8) is 0 Å². The number of amides is 4. The van der Waals surface area contributed by atoms with E-state index in [2.05, 4.69) is 20.3 Å². The first-order chi connectivity index (χ1) is 26.7. The Labute approximate surface area is 329 Å². The number of thiazole rings is 1. The van der Waals surface area contributed by atoms with Gasteiger partial charge in [-0.2, -0.15) is 9.90 Å². The summed E-state index contributed by atoms with van der Waals surface area (Å²) >= 11 is 1.40. The molecule has 4 amide bonds. The number of carbonyl (C=O) groups excluding carboxylic acids is 4. The van der Waals surface area contributed by atoms with E-state index in [1.54, 1.807) is 34.1 Å². The second kappa shape index (κ2) is 15.6. The van der Waals surface area contributed by atoms with E-state index in [4.69, 9.17) is 19.7 Å². The number of methoxy groups -OCH3 is 1. The third-order valence-corrected chi connectivity index (χ3v) is 13.1. The minimum absolute atomic E-state index is 0.00997.